The molecule has 21 heavy (non-hydrogen) atoms. The van der Waals surface area contributed by atoms with Crippen molar-refractivity contribution in [1.82, 2.24) is 15.5 Å². The Bertz CT molecular complexity index is 339. The fourth-order valence-electron chi connectivity index (χ4n) is 3.09. The van der Waals surface area contributed by atoms with Gasteiger partial charge in [-0.1, -0.05) is 6.92 Å². The molecule has 2 N–H and O–H groups in total. The van der Waals surface area contributed by atoms with E-state index < -0.39 is 0 Å². The van der Waals surface area contributed by atoms with Gasteiger partial charge in [-0.2, -0.15) is 0 Å². The third-order valence-electron chi connectivity index (χ3n) is 4.51. The van der Waals surface area contributed by atoms with Gasteiger partial charge in [0.15, 0.2) is 5.96 Å². The highest BCUT2D eigenvalue weighted by Crippen LogP contribution is 2.18. The van der Waals surface area contributed by atoms with Crippen LogP contribution >= 0.6 is 0 Å². The lowest BCUT2D eigenvalue weighted by molar-refractivity contribution is 0.117. The van der Waals surface area contributed by atoms with E-state index in [-0.39, 0.29) is 0 Å². The van der Waals surface area contributed by atoms with Crippen LogP contribution in [0.3, 0.4) is 0 Å². The molecule has 3 atom stereocenters. The molecular weight excluding hydrogens is 264 g/mol. The Kier molecular flexibility index (Phi) is 6.30. The molecule has 0 aromatic carbocycles. The second-order valence-corrected chi connectivity index (χ2v) is 6.63. The Labute approximate surface area is 129 Å². The number of hydrogen-bond donors (Lipinski definition) is 2. The third kappa shape index (κ3) is 4.85. The SMILES string of the molecule is CCNC(=NCC1CCCO1)NC1CN(C(C)C)CC1C. The summed E-state index contributed by atoms with van der Waals surface area (Å²) in [4.78, 5) is 7.25. The van der Waals surface area contributed by atoms with Crippen molar-refractivity contribution in [2.75, 3.05) is 32.8 Å². The van der Waals surface area contributed by atoms with E-state index in [4.69, 9.17) is 9.73 Å². The topological polar surface area (TPSA) is 48.9 Å². The molecule has 2 aliphatic rings. The van der Waals surface area contributed by atoms with Crippen LogP contribution in [0.5, 0.6) is 0 Å². The molecule has 122 valence electrons. The van der Waals surface area contributed by atoms with E-state index in [1.165, 1.54) is 13.0 Å². The molecule has 5 nitrogen and oxygen atoms in total. The zero-order valence-corrected chi connectivity index (χ0v) is 14.1. The van der Waals surface area contributed by atoms with Crippen molar-refractivity contribution in [2.45, 2.75) is 58.7 Å². The van der Waals surface area contributed by atoms with Crippen LogP contribution in [0.15, 0.2) is 4.99 Å². The number of hydrogen-bond acceptors (Lipinski definition) is 3. The summed E-state index contributed by atoms with van der Waals surface area (Å²) < 4.78 is 5.65. The fraction of sp³-hybridized carbons (Fsp3) is 0.938. The van der Waals surface area contributed by atoms with Gasteiger partial charge in [0.25, 0.3) is 0 Å². The lowest BCUT2D eigenvalue weighted by Crippen LogP contribution is -2.47. The monoisotopic (exact) mass is 296 g/mol. The van der Waals surface area contributed by atoms with Gasteiger partial charge < -0.3 is 15.4 Å². The normalized spacial score (nSPS) is 31.1. The first-order valence-corrected chi connectivity index (χ1v) is 8.50. The average molecular weight is 296 g/mol. The van der Waals surface area contributed by atoms with Gasteiger partial charge in [0.05, 0.1) is 12.6 Å². The molecule has 0 saturated carbocycles. The minimum absolute atomic E-state index is 0.314. The molecule has 0 aromatic rings. The number of nitrogens with one attached hydrogen (secondary N) is 2. The molecule has 5 heteroatoms. The van der Waals surface area contributed by atoms with Crippen LogP contribution < -0.4 is 10.6 Å². The molecule has 0 radical (unpaired) electrons. The quantitative estimate of drug-likeness (QED) is 0.595. The van der Waals surface area contributed by atoms with Crippen molar-refractivity contribution in [3.05, 3.63) is 0 Å². The summed E-state index contributed by atoms with van der Waals surface area (Å²) in [5.74, 6) is 1.59. The number of ether oxygens (including phenoxy) is 1. The van der Waals surface area contributed by atoms with Crippen LogP contribution in [0.1, 0.15) is 40.5 Å². The predicted octanol–water partition coefficient (Wildman–Crippen LogP) is 1.45. The van der Waals surface area contributed by atoms with Gasteiger partial charge in [0.2, 0.25) is 0 Å². The molecule has 2 rings (SSSR count). The van der Waals surface area contributed by atoms with E-state index in [1.807, 2.05) is 0 Å². The van der Waals surface area contributed by atoms with Crippen molar-refractivity contribution in [3.63, 3.8) is 0 Å². The van der Waals surface area contributed by atoms with Crippen LogP contribution in [-0.2, 0) is 4.74 Å². The number of likely N-dealkylation sites (tertiary alicyclic amines) is 1. The van der Waals surface area contributed by atoms with Gasteiger partial charge in [0.1, 0.15) is 0 Å². The Morgan fingerprint density at radius 3 is 2.76 bits per heavy atom. The molecule has 2 aliphatic heterocycles. The summed E-state index contributed by atoms with van der Waals surface area (Å²) in [5.41, 5.74) is 0. The molecular formula is C16H32N4O. The summed E-state index contributed by atoms with van der Waals surface area (Å²) in [6.45, 7) is 13.8. The minimum Gasteiger partial charge on any atom is -0.376 e. The lowest BCUT2D eigenvalue weighted by Gasteiger charge is -2.22. The maximum absolute atomic E-state index is 5.65. The van der Waals surface area contributed by atoms with Crippen molar-refractivity contribution in [2.24, 2.45) is 10.9 Å². The summed E-state index contributed by atoms with van der Waals surface area (Å²) >= 11 is 0. The Morgan fingerprint density at radius 2 is 2.19 bits per heavy atom. The summed E-state index contributed by atoms with van der Waals surface area (Å²) in [6, 6.07) is 1.10. The molecule has 0 amide bonds. The van der Waals surface area contributed by atoms with Gasteiger partial charge >= 0.3 is 0 Å². The molecule has 2 fully saturated rings. The molecule has 2 heterocycles. The first-order chi connectivity index (χ1) is 10.1. The zero-order valence-electron chi connectivity index (χ0n) is 14.1. The average Bonchev–Trinajstić information content (AvgIpc) is 3.07. The summed E-state index contributed by atoms with van der Waals surface area (Å²) in [7, 11) is 0. The largest absolute Gasteiger partial charge is 0.376 e. The second-order valence-electron chi connectivity index (χ2n) is 6.63. The predicted molar refractivity (Wildman–Crippen MR) is 87.7 cm³/mol. The van der Waals surface area contributed by atoms with Crippen LogP contribution in [0, 0.1) is 5.92 Å². The highest BCUT2D eigenvalue weighted by molar-refractivity contribution is 5.80. The standard InChI is InChI=1S/C16H32N4O/c1-5-17-16(18-9-14-7-6-8-21-14)19-15-11-20(12(2)3)10-13(15)4/h12-15H,5-11H2,1-4H3,(H2,17,18,19). The van der Waals surface area contributed by atoms with Crippen molar-refractivity contribution >= 4 is 5.96 Å². The maximum atomic E-state index is 5.65. The van der Waals surface area contributed by atoms with E-state index in [1.54, 1.807) is 0 Å². The number of guanidine groups is 1. The fourth-order valence-corrected chi connectivity index (χ4v) is 3.09. The molecule has 0 bridgehead atoms. The summed E-state index contributed by atoms with van der Waals surface area (Å²) in [5, 5.41) is 6.98. The number of nitrogens with zero attached hydrogens (tertiary/aromatic N) is 2. The van der Waals surface area contributed by atoms with Crippen LogP contribution in [0.2, 0.25) is 0 Å². The molecule has 3 unspecified atom stereocenters. The Morgan fingerprint density at radius 1 is 1.38 bits per heavy atom. The minimum atomic E-state index is 0.314. The van der Waals surface area contributed by atoms with Gasteiger partial charge in [0, 0.05) is 38.3 Å². The molecule has 2 saturated heterocycles. The van der Waals surface area contributed by atoms with E-state index >= 15 is 0 Å². The molecule has 0 spiro atoms. The van der Waals surface area contributed by atoms with Gasteiger partial charge in [-0.05, 0) is 39.5 Å². The first-order valence-electron chi connectivity index (χ1n) is 8.50. The van der Waals surface area contributed by atoms with E-state index in [9.17, 15) is 0 Å². The molecule has 0 aliphatic carbocycles. The van der Waals surface area contributed by atoms with Gasteiger partial charge in [-0.25, -0.2) is 0 Å². The third-order valence-corrected chi connectivity index (χ3v) is 4.51. The van der Waals surface area contributed by atoms with Crippen molar-refractivity contribution < 1.29 is 4.74 Å². The summed E-state index contributed by atoms with van der Waals surface area (Å²) in [6.07, 6.45) is 2.63. The van der Waals surface area contributed by atoms with Crippen molar-refractivity contribution in [1.29, 1.82) is 0 Å². The zero-order chi connectivity index (χ0) is 15.2. The van der Waals surface area contributed by atoms with Crippen molar-refractivity contribution in [3.8, 4) is 0 Å². The van der Waals surface area contributed by atoms with Crippen LogP contribution in [0.25, 0.3) is 0 Å². The maximum Gasteiger partial charge on any atom is 0.191 e. The van der Waals surface area contributed by atoms with Gasteiger partial charge in [-0.15, -0.1) is 0 Å². The van der Waals surface area contributed by atoms with E-state index in [0.717, 1.165) is 38.6 Å². The van der Waals surface area contributed by atoms with Crippen LogP contribution in [-0.4, -0.2) is 61.8 Å². The Hall–Kier alpha value is -0.810. The Balaban J connectivity index is 1.87. The lowest BCUT2D eigenvalue weighted by atomic mass is 10.1. The number of rotatable bonds is 5. The highest BCUT2D eigenvalue weighted by atomic mass is 16.5. The van der Waals surface area contributed by atoms with Gasteiger partial charge in [-0.3, -0.25) is 9.89 Å². The van der Waals surface area contributed by atoms with Crippen LogP contribution in [0.4, 0.5) is 0 Å². The molecule has 0 aromatic heterocycles. The van der Waals surface area contributed by atoms with E-state index in [2.05, 4.69) is 43.2 Å². The second kappa shape index (κ2) is 7.99. The smallest absolute Gasteiger partial charge is 0.191 e. The highest BCUT2D eigenvalue weighted by Gasteiger charge is 2.31. The number of aliphatic imine (C=N–C) groups is 1. The first kappa shape index (κ1) is 16.6. The van der Waals surface area contributed by atoms with E-state index in [0.29, 0.717) is 24.1 Å².